The van der Waals surface area contributed by atoms with Crippen molar-refractivity contribution >= 4 is 0 Å². The van der Waals surface area contributed by atoms with Crippen LogP contribution in [-0.4, -0.2) is 14.7 Å². The average Bonchev–Trinajstić information content (AvgIpc) is 2.58. The third-order valence-corrected chi connectivity index (χ3v) is 2.58. The Kier molecular flexibility index (Phi) is 2.85. The molecule has 0 atom stereocenters. The summed E-state index contributed by atoms with van der Waals surface area (Å²) >= 11 is 0. The standard InChI is InChI=1S/C11H13N3O2/c1-8-10(9(2)16-13-8)4-6-14-7-12-5-3-11(14)15/h3,5,7H,4,6H2,1-2H3. The number of nitrogens with zero attached hydrogens (tertiary/aromatic N) is 3. The minimum atomic E-state index is -0.0400. The van der Waals surface area contributed by atoms with Crippen molar-refractivity contribution in [1.82, 2.24) is 14.7 Å². The van der Waals surface area contributed by atoms with Crippen LogP contribution in [0.25, 0.3) is 0 Å². The van der Waals surface area contributed by atoms with Gasteiger partial charge in [0.15, 0.2) is 0 Å². The molecule has 0 amide bonds. The summed E-state index contributed by atoms with van der Waals surface area (Å²) < 4.78 is 6.64. The Morgan fingerprint density at radius 2 is 2.25 bits per heavy atom. The van der Waals surface area contributed by atoms with E-state index < -0.39 is 0 Å². The molecule has 16 heavy (non-hydrogen) atoms. The lowest BCUT2D eigenvalue weighted by Crippen LogP contribution is -2.20. The molecule has 5 nitrogen and oxygen atoms in total. The first-order chi connectivity index (χ1) is 7.68. The van der Waals surface area contributed by atoms with Crippen LogP contribution in [0.1, 0.15) is 17.0 Å². The second kappa shape index (κ2) is 4.30. The highest BCUT2D eigenvalue weighted by atomic mass is 16.5. The van der Waals surface area contributed by atoms with Crippen molar-refractivity contribution in [3.05, 3.63) is 46.0 Å². The van der Waals surface area contributed by atoms with E-state index in [-0.39, 0.29) is 5.56 Å². The van der Waals surface area contributed by atoms with Gasteiger partial charge in [-0.3, -0.25) is 9.36 Å². The van der Waals surface area contributed by atoms with E-state index in [9.17, 15) is 4.79 Å². The molecule has 0 saturated heterocycles. The fourth-order valence-corrected chi connectivity index (χ4v) is 1.64. The molecule has 2 rings (SSSR count). The van der Waals surface area contributed by atoms with Gasteiger partial charge in [0.05, 0.1) is 12.0 Å². The van der Waals surface area contributed by atoms with E-state index in [1.54, 1.807) is 10.9 Å². The van der Waals surface area contributed by atoms with Gasteiger partial charge < -0.3 is 4.52 Å². The minimum absolute atomic E-state index is 0.0400. The predicted octanol–water partition coefficient (Wildman–Crippen LogP) is 1.09. The van der Waals surface area contributed by atoms with Crippen molar-refractivity contribution in [2.24, 2.45) is 0 Å². The molecule has 0 radical (unpaired) electrons. The van der Waals surface area contributed by atoms with Crippen molar-refractivity contribution in [3.8, 4) is 0 Å². The summed E-state index contributed by atoms with van der Waals surface area (Å²) in [5, 5.41) is 3.87. The molecule has 0 aliphatic rings. The van der Waals surface area contributed by atoms with Crippen LogP contribution in [0.2, 0.25) is 0 Å². The Morgan fingerprint density at radius 1 is 1.44 bits per heavy atom. The summed E-state index contributed by atoms with van der Waals surface area (Å²) in [5.74, 6) is 0.814. The maximum Gasteiger partial charge on any atom is 0.253 e. The molecular formula is C11H13N3O2. The molecule has 0 aliphatic heterocycles. The number of hydrogen-bond acceptors (Lipinski definition) is 4. The number of aryl methyl sites for hydroxylation is 3. The van der Waals surface area contributed by atoms with Gasteiger partial charge in [-0.15, -0.1) is 0 Å². The maximum atomic E-state index is 11.4. The molecule has 0 aromatic carbocycles. The van der Waals surface area contributed by atoms with Gasteiger partial charge in [-0.2, -0.15) is 0 Å². The van der Waals surface area contributed by atoms with Crippen LogP contribution in [0.4, 0.5) is 0 Å². The van der Waals surface area contributed by atoms with Gasteiger partial charge in [0.2, 0.25) is 0 Å². The van der Waals surface area contributed by atoms with E-state index in [2.05, 4.69) is 10.1 Å². The quantitative estimate of drug-likeness (QED) is 0.775. The van der Waals surface area contributed by atoms with Crippen molar-refractivity contribution in [2.45, 2.75) is 26.8 Å². The third kappa shape index (κ3) is 2.03. The van der Waals surface area contributed by atoms with Gasteiger partial charge >= 0.3 is 0 Å². The highest BCUT2D eigenvalue weighted by molar-refractivity contribution is 5.20. The summed E-state index contributed by atoms with van der Waals surface area (Å²) in [7, 11) is 0. The zero-order chi connectivity index (χ0) is 11.5. The Hall–Kier alpha value is -1.91. The SMILES string of the molecule is Cc1noc(C)c1CCn1cnccc1=O. The smallest absolute Gasteiger partial charge is 0.253 e. The van der Waals surface area contributed by atoms with E-state index in [0.717, 1.165) is 23.4 Å². The normalized spacial score (nSPS) is 10.6. The van der Waals surface area contributed by atoms with E-state index >= 15 is 0 Å². The van der Waals surface area contributed by atoms with Gasteiger partial charge in [-0.05, 0) is 20.3 Å². The van der Waals surface area contributed by atoms with Gasteiger partial charge in [0.1, 0.15) is 5.76 Å². The zero-order valence-corrected chi connectivity index (χ0v) is 9.30. The van der Waals surface area contributed by atoms with E-state index in [4.69, 9.17) is 4.52 Å². The molecule has 0 aliphatic carbocycles. The van der Waals surface area contributed by atoms with Crippen molar-refractivity contribution in [1.29, 1.82) is 0 Å². The third-order valence-electron chi connectivity index (χ3n) is 2.58. The first-order valence-electron chi connectivity index (χ1n) is 5.10. The largest absolute Gasteiger partial charge is 0.361 e. The zero-order valence-electron chi connectivity index (χ0n) is 9.30. The molecule has 0 unspecified atom stereocenters. The predicted molar refractivity (Wildman–Crippen MR) is 58.2 cm³/mol. The summed E-state index contributed by atoms with van der Waals surface area (Å²) in [5.41, 5.74) is 1.91. The Bertz CT molecular complexity index is 523. The number of hydrogen-bond donors (Lipinski definition) is 0. The molecule has 0 spiro atoms. The lowest BCUT2D eigenvalue weighted by atomic mass is 10.1. The van der Waals surface area contributed by atoms with Crippen molar-refractivity contribution in [2.75, 3.05) is 0 Å². The summed E-state index contributed by atoms with van der Waals surface area (Å²) in [6.45, 7) is 4.37. The summed E-state index contributed by atoms with van der Waals surface area (Å²) in [4.78, 5) is 15.3. The van der Waals surface area contributed by atoms with E-state index in [0.29, 0.717) is 6.54 Å². The molecule has 0 fully saturated rings. The molecule has 0 saturated carbocycles. The average molecular weight is 219 g/mol. The summed E-state index contributed by atoms with van der Waals surface area (Å²) in [6, 6.07) is 1.45. The van der Waals surface area contributed by atoms with Crippen LogP contribution in [0.3, 0.4) is 0 Å². The molecular weight excluding hydrogens is 206 g/mol. The molecule has 5 heteroatoms. The van der Waals surface area contributed by atoms with Crippen LogP contribution in [-0.2, 0) is 13.0 Å². The van der Waals surface area contributed by atoms with E-state index in [1.807, 2.05) is 13.8 Å². The van der Waals surface area contributed by atoms with Crippen LogP contribution in [0, 0.1) is 13.8 Å². The van der Waals surface area contributed by atoms with Crippen LogP contribution in [0.15, 0.2) is 27.9 Å². The fourth-order valence-electron chi connectivity index (χ4n) is 1.64. The Balaban J connectivity index is 2.14. The number of rotatable bonds is 3. The second-order valence-corrected chi connectivity index (χ2v) is 3.66. The van der Waals surface area contributed by atoms with Gasteiger partial charge in [-0.25, -0.2) is 4.98 Å². The van der Waals surface area contributed by atoms with Crippen LogP contribution < -0.4 is 5.56 Å². The van der Waals surface area contributed by atoms with E-state index in [1.165, 1.54) is 12.3 Å². The lowest BCUT2D eigenvalue weighted by Gasteiger charge is -2.03. The highest BCUT2D eigenvalue weighted by Crippen LogP contribution is 2.12. The lowest BCUT2D eigenvalue weighted by molar-refractivity contribution is 0.392. The molecule has 2 aromatic heterocycles. The van der Waals surface area contributed by atoms with Crippen LogP contribution >= 0.6 is 0 Å². The first kappa shape index (κ1) is 10.6. The van der Waals surface area contributed by atoms with Crippen molar-refractivity contribution in [3.63, 3.8) is 0 Å². The molecule has 84 valence electrons. The molecule has 2 heterocycles. The Labute approximate surface area is 92.7 Å². The number of aromatic nitrogens is 3. The maximum absolute atomic E-state index is 11.4. The van der Waals surface area contributed by atoms with Crippen LogP contribution in [0.5, 0.6) is 0 Å². The molecule has 2 aromatic rings. The first-order valence-corrected chi connectivity index (χ1v) is 5.10. The van der Waals surface area contributed by atoms with Crippen molar-refractivity contribution < 1.29 is 4.52 Å². The fraction of sp³-hybridized carbons (Fsp3) is 0.364. The van der Waals surface area contributed by atoms with Gasteiger partial charge in [0, 0.05) is 24.4 Å². The monoisotopic (exact) mass is 219 g/mol. The van der Waals surface area contributed by atoms with Gasteiger partial charge in [0.25, 0.3) is 5.56 Å². The topological polar surface area (TPSA) is 60.9 Å². The Morgan fingerprint density at radius 3 is 2.88 bits per heavy atom. The second-order valence-electron chi connectivity index (χ2n) is 3.66. The summed E-state index contributed by atoms with van der Waals surface area (Å²) in [6.07, 6.45) is 3.77. The van der Waals surface area contributed by atoms with Gasteiger partial charge in [-0.1, -0.05) is 5.16 Å². The minimum Gasteiger partial charge on any atom is -0.361 e. The highest BCUT2D eigenvalue weighted by Gasteiger charge is 2.08. The molecule has 0 bridgehead atoms. The molecule has 0 N–H and O–H groups in total.